The second-order valence-electron chi connectivity index (χ2n) is 3.95. The van der Waals surface area contributed by atoms with Crippen LogP contribution in [0, 0.1) is 12.3 Å². The highest BCUT2D eigenvalue weighted by Crippen LogP contribution is 2.09. The van der Waals surface area contributed by atoms with E-state index in [9.17, 15) is 0 Å². The van der Waals surface area contributed by atoms with Gasteiger partial charge >= 0.3 is 0 Å². The van der Waals surface area contributed by atoms with Crippen LogP contribution in [0.2, 0.25) is 0 Å². The molecule has 2 rings (SSSR count). The molecular formula is C11H17N2O. The minimum Gasteiger partial charge on any atom is -0.472 e. The van der Waals surface area contributed by atoms with Crippen LogP contribution in [-0.4, -0.2) is 19.1 Å². The monoisotopic (exact) mass is 193 g/mol. The first-order valence-corrected chi connectivity index (χ1v) is 5.15. The molecule has 0 spiro atoms. The molecule has 0 amide bonds. The molecule has 0 aliphatic carbocycles. The van der Waals surface area contributed by atoms with E-state index in [1.165, 1.54) is 5.56 Å². The van der Waals surface area contributed by atoms with Gasteiger partial charge in [-0.2, -0.15) is 0 Å². The Morgan fingerprint density at radius 1 is 1.57 bits per heavy atom. The van der Waals surface area contributed by atoms with Gasteiger partial charge < -0.3 is 15.1 Å². The molecule has 2 N–H and O–H groups in total. The van der Waals surface area contributed by atoms with Crippen LogP contribution in [0.15, 0.2) is 23.0 Å². The van der Waals surface area contributed by atoms with Gasteiger partial charge in [-0.05, 0) is 24.9 Å². The summed E-state index contributed by atoms with van der Waals surface area (Å²) in [6.45, 7) is 5.25. The third-order valence-corrected chi connectivity index (χ3v) is 2.54. The zero-order chi connectivity index (χ0) is 9.80. The van der Waals surface area contributed by atoms with Crippen molar-refractivity contribution in [2.24, 2.45) is 5.92 Å². The number of furan rings is 1. The lowest BCUT2D eigenvalue weighted by Gasteiger charge is -2.28. The fourth-order valence-electron chi connectivity index (χ4n) is 1.78. The predicted octanol–water partition coefficient (Wildman–Crippen LogP) is 1.18. The van der Waals surface area contributed by atoms with E-state index in [-0.39, 0.29) is 0 Å². The maximum Gasteiger partial charge on any atom is 0.0947 e. The lowest BCUT2D eigenvalue weighted by molar-refractivity contribution is 0.401. The molecule has 1 aliphatic rings. The molecule has 14 heavy (non-hydrogen) atoms. The summed E-state index contributed by atoms with van der Waals surface area (Å²) in [6, 6.07) is 2.47. The molecule has 2 heterocycles. The van der Waals surface area contributed by atoms with E-state index in [1.807, 2.05) is 6.07 Å². The highest BCUT2D eigenvalue weighted by atomic mass is 16.3. The SMILES string of the molecule is CC1[CH]C(NCc2ccoc2)CNC1. The summed E-state index contributed by atoms with van der Waals surface area (Å²) in [5.74, 6) is 0.658. The minimum atomic E-state index is 0.480. The summed E-state index contributed by atoms with van der Waals surface area (Å²) < 4.78 is 5.01. The van der Waals surface area contributed by atoms with E-state index >= 15 is 0 Å². The average molecular weight is 193 g/mol. The van der Waals surface area contributed by atoms with E-state index in [2.05, 4.69) is 24.0 Å². The molecule has 0 aromatic carbocycles. The van der Waals surface area contributed by atoms with E-state index in [1.54, 1.807) is 12.5 Å². The molecule has 1 aromatic rings. The lowest BCUT2D eigenvalue weighted by Crippen LogP contribution is -2.46. The second kappa shape index (κ2) is 4.62. The Balaban J connectivity index is 1.75. The predicted molar refractivity (Wildman–Crippen MR) is 55.7 cm³/mol. The topological polar surface area (TPSA) is 37.2 Å². The Hall–Kier alpha value is -0.800. The van der Waals surface area contributed by atoms with Crippen LogP contribution >= 0.6 is 0 Å². The number of rotatable bonds is 3. The van der Waals surface area contributed by atoms with Gasteiger partial charge in [-0.3, -0.25) is 0 Å². The van der Waals surface area contributed by atoms with Crippen LogP contribution in [-0.2, 0) is 6.54 Å². The van der Waals surface area contributed by atoms with E-state index in [0.717, 1.165) is 19.6 Å². The molecule has 77 valence electrons. The number of hydrogen-bond donors (Lipinski definition) is 2. The summed E-state index contributed by atoms with van der Waals surface area (Å²) in [5.41, 5.74) is 1.21. The quantitative estimate of drug-likeness (QED) is 0.757. The minimum absolute atomic E-state index is 0.480. The molecule has 2 unspecified atom stereocenters. The first-order chi connectivity index (χ1) is 6.84. The molecular weight excluding hydrogens is 176 g/mol. The van der Waals surface area contributed by atoms with Gasteiger partial charge in [0.1, 0.15) is 0 Å². The largest absolute Gasteiger partial charge is 0.472 e. The Bertz CT molecular complexity index is 258. The number of nitrogens with one attached hydrogen (secondary N) is 2. The van der Waals surface area contributed by atoms with Crippen LogP contribution in [0.1, 0.15) is 12.5 Å². The zero-order valence-electron chi connectivity index (χ0n) is 8.49. The molecule has 1 aliphatic heterocycles. The number of hydrogen-bond acceptors (Lipinski definition) is 3. The third-order valence-electron chi connectivity index (χ3n) is 2.54. The van der Waals surface area contributed by atoms with Crippen molar-refractivity contribution in [3.8, 4) is 0 Å². The summed E-state index contributed by atoms with van der Waals surface area (Å²) >= 11 is 0. The van der Waals surface area contributed by atoms with E-state index in [4.69, 9.17) is 4.42 Å². The fourth-order valence-corrected chi connectivity index (χ4v) is 1.78. The van der Waals surface area contributed by atoms with Crippen molar-refractivity contribution in [1.29, 1.82) is 0 Å². The van der Waals surface area contributed by atoms with Gasteiger partial charge in [-0.1, -0.05) is 6.92 Å². The fraction of sp³-hybridized carbons (Fsp3) is 0.545. The van der Waals surface area contributed by atoms with Gasteiger partial charge in [0, 0.05) is 24.7 Å². The molecule has 2 atom stereocenters. The summed E-state index contributed by atoms with van der Waals surface area (Å²) in [4.78, 5) is 0. The van der Waals surface area contributed by atoms with Crippen molar-refractivity contribution in [3.63, 3.8) is 0 Å². The van der Waals surface area contributed by atoms with Gasteiger partial charge in [0.15, 0.2) is 0 Å². The summed E-state index contributed by atoms with van der Waals surface area (Å²) in [7, 11) is 0. The Kier molecular flexibility index (Phi) is 3.22. The molecule has 1 radical (unpaired) electrons. The molecule has 1 aromatic heterocycles. The second-order valence-corrected chi connectivity index (χ2v) is 3.95. The van der Waals surface area contributed by atoms with Gasteiger partial charge in [0.05, 0.1) is 12.5 Å². The molecule has 1 saturated heterocycles. The van der Waals surface area contributed by atoms with Crippen molar-refractivity contribution in [1.82, 2.24) is 10.6 Å². The molecule has 0 bridgehead atoms. The normalized spacial score (nSPS) is 27.8. The lowest BCUT2D eigenvalue weighted by atomic mass is 9.98. The zero-order valence-corrected chi connectivity index (χ0v) is 8.49. The van der Waals surface area contributed by atoms with Gasteiger partial charge in [0.25, 0.3) is 0 Å². The first kappa shape index (κ1) is 9.74. The number of piperidine rings is 1. The van der Waals surface area contributed by atoms with Crippen LogP contribution in [0.3, 0.4) is 0 Å². The first-order valence-electron chi connectivity index (χ1n) is 5.15. The Morgan fingerprint density at radius 3 is 3.21 bits per heavy atom. The van der Waals surface area contributed by atoms with Crippen LogP contribution in [0.25, 0.3) is 0 Å². The maximum absolute atomic E-state index is 5.01. The van der Waals surface area contributed by atoms with Crippen molar-refractivity contribution in [3.05, 3.63) is 30.6 Å². The van der Waals surface area contributed by atoms with Crippen LogP contribution in [0.5, 0.6) is 0 Å². The Labute approximate surface area is 84.9 Å². The van der Waals surface area contributed by atoms with Gasteiger partial charge in [0.2, 0.25) is 0 Å². The van der Waals surface area contributed by atoms with Crippen LogP contribution in [0.4, 0.5) is 0 Å². The third kappa shape index (κ3) is 2.59. The van der Waals surface area contributed by atoms with Gasteiger partial charge in [-0.25, -0.2) is 0 Å². The molecule has 1 fully saturated rings. The van der Waals surface area contributed by atoms with Crippen LogP contribution < -0.4 is 10.6 Å². The molecule has 0 saturated carbocycles. The van der Waals surface area contributed by atoms with Crippen molar-refractivity contribution in [2.75, 3.05) is 13.1 Å². The summed E-state index contributed by atoms with van der Waals surface area (Å²) in [5, 5.41) is 6.87. The van der Waals surface area contributed by atoms with Crippen molar-refractivity contribution >= 4 is 0 Å². The van der Waals surface area contributed by atoms with Gasteiger partial charge in [-0.15, -0.1) is 0 Å². The van der Waals surface area contributed by atoms with E-state index in [0.29, 0.717) is 12.0 Å². The Morgan fingerprint density at radius 2 is 2.50 bits per heavy atom. The highest BCUT2D eigenvalue weighted by Gasteiger charge is 2.17. The molecule has 3 heteroatoms. The van der Waals surface area contributed by atoms with Crippen molar-refractivity contribution < 1.29 is 4.42 Å². The van der Waals surface area contributed by atoms with Crippen molar-refractivity contribution in [2.45, 2.75) is 19.5 Å². The molecule has 3 nitrogen and oxygen atoms in total. The smallest absolute Gasteiger partial charge is 0.0947 e. The summed E-state index contributed by atoms with van der Waals surface area (Å²) in [6.07, 6.45) is 5.87. The average Bonchev–Trinajstić information content (AvgIpc) is 2.67. The highest BCUT2D eigenvalue weighted by molar-refractivity contribution is 5.06. The standard InChI is InChI=1S/C11H17N2O/c1-9-4-11(7-12-5-9)13-6-10-2-3-14-8-10/h2-4,8-9,11-13H,5-7H2,1H3. The van der Waals surface area contributed by atoms with E-state index < -0.39 is 0 Å². The maximum atomic E-state index is 5.01.